The third kappa shape index (κ3) is 2.22. The zero-order valence-corrected chi connectivity index (χ0v) is 12.1. The van der Waals surface area contributed by atoms with Crippen LogP contribution >= 0.6 is 0 Å². The Balaban J connectivity index is 1.69. The molecule has 5 nitrogen and oxygen atoms in total. The summed E-state index contributed by atoms with van der Waals surface area (Å²) in [6, 6.07) is 3.76. The topological polar surface area (TPSA) is 62.3 Å². The van der Waals surface area contributed by atoms with Crippen LogP contribution in [0.2, 0.25) is 0 Å². The van der Waals surface area contributed by atoms with Crippen LogP contribution in [-0.4, -0.2) is 33.8 Å². The minimum atomic E-state index is -0.627. The Morgan fingerprint density at radius 2 is 2.38 bits per heavy atom. The molecule has 5 heteroatoms. The molecule has 1 aromatic heterocycles. The number of pyridine rings is 1. The van der Waals surface area contributed by atoms with Gasteiger partial charge in [-0.15, -0.1) is 0 Å². The van der Waals surface area contributed by atoms with Crippen molar-refractivity contribution in [1.29, 1.82) is 0 Å². The van der Waals surface area contributed by atoms with Gasteiger partial charge in [0.25, 0.3) is 0 Å². The first kappa shape index (κ1) is 13.8. The third-order valence-electron chi connectivity index (χ3n) is 4.43. The quantitative estimate of drug-likeness (QED) is 0.847. The smallest absolute Gasteiger partial charge is 0.249 e. The molecule has 2 unspecified atom stereocenters. The standard InChI is InChI=1S/C16H19N3O2/c1-11(2)14(20)19-7-5-13-8-16(13,19)15(21)18-10-12-4-3-6-17-9-12/h3-4,6,9,13H,1,5,7-8,10H2,2H3,(H,18,21). The van der Waals surface area contributed by atoms with Crippen LogP contribution < -0.4 is 5.32 Å². The number of aromatic nitrogens is 1. The Bertz CT molecular complexity index is 599. The first-order valence-corrected chi connectivity index (χ1v) is 7.20. The number of nitrogens with zero attached hydrogens (tertiary/aromatic N) is 2. The van der Waals surface area contributed by atoms with Gasteiger partial charge in [0, 0.05) is 31.1 Å². The zero-order chi connectivity index (χ0) is 15.0. The lowest BCUT2D eigenvalue weighted by Crippen LogP contribution is -2.50. The summed E-state index contributed by atoms with van der Waals surface area (Å²) in [4.78, 5) is 30.5. The maximum Gasteiger partial charge on any atom is 0.249 e. The SMILES string of the molecule is C=C(C)C(=O)N1CCC2CC21C(=O)NCc1cccnc1. The summed E-state index contributed by atoms with van der Waals surface area (Å²) in [5.41, 5.74) is 0.815. The normalized spacial score (nSPS) is 26.1. The fourth-order valence-electron chi connectivity index (χ4n) is 3.22. The molecular formula is C16H19N3O2. The van der Waals surface area contributed by atoms with Crippen molar-refractivity contribution in [2.24, 2.45) is 5.92 Å². The lowest BCUT2D eigenvalue weighted by Gasteiger charge is -2.27. The number of piperidine rings is 1. The van der Waals surface area contributed by atoms with Crippen LogP contribution in [0, 0.1) is 5.92 Å². The number of rotatable bonds is 4. The summed E-state index contributed by atoms with van der Waals surface area (Å²) in [5, 5.41) is 2.94. The molecule has 2 atom stereocenters. The van der Waals surface area contributed by atoms with E-state index in [1.807, 2.05) is 12.1 Å². The largest absolute Gasteiger partial charge is 0.350 e. The number of hydrogen-bond acceptors (Lipinski definition) is 3. The number of carbonyl (C=O) groups excluding carboxylic acids is 2. The van der Waals surface area contributed by atoms with Crippen molar-refractivity contribution in [2.45, 2.75) is 31.8 Å². The molecule has 110 valence electrons. The molecule has 1 N–H and O–H groups in total. The highest BCUT2D eigenvalue weighted by Crippen LogP contribution is 2.56. The van der Waals surface area contributed by atoms with Crippen molar-refractivity contribution in [2.75, 3.05) is 6.54 Å². The highest BCUT2D eigenvalue weighted by molar-refractivity contribution is 6.00. The lowest BCUT2D eigenvalue weighted by atomic mass is 10.1. The second-order valence-corrected chi connectivity index (χ2v) is 5.90. The van der Waals surface area contributed by atoms with E-state index in [-0.39, 0.29) is 11.8 Å². The van der Waals surface area contributed by atoms with Crippen molar-refractivity contribution in [3.05, 3.63) is 42.2 Å². The van der Waals surface area contributed by atoms with Gasteiger partial charge in [0.15, 0.2) is 0 Å². The lowest BCUT2D eigenvalue weighted by molar-refractivity contribution is -0.138. The van der Waals surface area contributed by atoms with E-state index in [1.54, 1.807) is 24.2 Å². The van der Waals surface area contributed by atoms with Crippen LogP contribution in [0.15, 0.2) is 36.7 Å². The molecule has 2 amide bonds. The number of carbonyl (C=O) groups is 2. The van der Waals surface area contributed by atoms with Crippen LogP contribution in [0.3, 0.4) is 0 Å². The average Bonchev–Trinajstić information content (AvgIpc) is 3.11. The fraction of sp³-hybridized carbons (Fsp3) is 0.438. The van der Waals surface area contributed by atoms with Crippen molar-refractivity contribution >= 4 is 11.8 Å². The Kier molecular flexibility index (Phi) is 3.27. The van der Waals surface area contributed by atoms with Gasteiger partial charge in [-0.05, 0) is 37.3 Å². The Morgan fingerprint density at radius 3 is 3.00 bits per heavy atom. The molecule has 0 spiro atoms. The molecule has 1 saturated carbocycles. The molecule has 1 aromatic rings. The van der Waals surface area contributed by atoms with E-state index in [4.69, 9.17) is 0 Å². The molecule has 2 heterocycles. The van der Waals surface area contributed by atoms with Gasteiger partial charge in [-0.1, -0.05) is 12.6 Å². The molecule has 3 rings (SSSR count). The van der Waals surface area contributed by atoms with Gasteiger partial charge in [-0.2, -0.15) is 0 Å². The summed E-state index contributed by atoms with van der Waals surface area (Å²) < 4.78 is 0. The molecule has 1 aliphatic heterocycles. The van der Waals surface area contributed by atoms with E-state index in [0.717, 1.165) is 18.4 Å². The van der Waals surface area contributed by atoms with Crippen molar-refractivity contribution in [3.8, 4) is 0 Å². The van der Waals surface area contributed by atoms with Crippen LogP contribution in [-0.2, 0) is 16.1 Å². The molecule has 21 heavy (non-hydrogen) atoms. The fourth-order valence-corrected chi connectivity index (χ4v) is 3.22. The monoisotopic (exact) mass is 285 g/mol. The second kappa shape index (κ2) is 4.98. The van der Waals surface area contributed by atoms with Crippen molar-refractivity contribution in [3.63, 3.8) is 0 Å². The van der Waals surface area contributed by atoms with Crippen LogP contribution in [0.25, 0.3) is 0 Å². The van der Waals surface area contributed by atoms with E-state index in [9.17, 15) is 9.59 Å². The predicted molar refractivity (Wildman–Crippen MR) is 78.1 cm³/mol. The molecule has 2 fully saturated rings. The third-order valence-corrected chi connectivity index (χ3v) is 4.43. The zero-order valence-electron chi connectivity index (χ0n) is 12.1. The average molecular weight is 285 g/mol. The van der Waals surface area contributed by atoms with E-state index < -0.39 is 5.54 Å². The summed E-state index contributed by atoms with van der Waals surface area (Å²) in [7, 11) is 0. The number of nitrogens with one attached hydrogen (secondary N) is 1. The van der Waals surface area contributed by atoms with E-state index in [2.05, 4.69) is 16.9 Å². The summed E-state index contributed by atoms with van der Waals surface area (Å²) >= 11 is 0. The molecule has 0 radical (unpaired) electrons. The van der Waals surface area contributed by atoms with Gasteiger partial charge in [0.1, 0.15) is 5.54 Å². The first-order chi connectivity index (χ1) is 10.1. The maximum atomic E-state index is 12.6. The first-order valence-electron chi connectivity index (χ1n) is 7.20. The highest BCUT2D eigenvalue weighted by atomic mass is 16.2. The molecule has 2 aliphatic rings. The van der Waals surface area contributed by atoms with Crippen LogP contribution in [0.4, 0.5) is 0 Å². The Hall–Kier alpha value is -2.17. The van der Waals surface area contributed by atoms with E-state index in [1.165, 1.54) is 0 Å². The van der Waals surface area contributed by atoms with Crippen LogP contribution in [0.5, 0.6) is 0 Å². The molecule has 0 bridgehead atoms. The number of amides is 2. The minimum absolute atomic E-state index is 0.0524. The number of fused-ring (bicyclic) bond motifs is 1. The Morgan fingerprint density at radius 1 is 1.57 bits per heavy atom. The summed E-state index contributed by atoms with van der Waals surface area (Å²) in [6.45, 7) is 6.49. The predicted octanol–water partition coefficient (Wildman–Crippen LogP) is 1.26. The maximum absolute atomic E-state index is 12.6. The molecule has 1 aliphatic carbocycles. The van der Waals surface area contributed by atoms with Gasteiger partial charge in [0.2, 0.25) is 11.8 Å². The highest BCUT2D eigenvalue weighted by Gasteiger charge is 2.68. The van der Waals surface area contributed by atoms with Gasteiger partial charge < -0.3 is 10.2 Å². The van der Waals surface area contributed by atoms with E-state index >= 15 is 0 Å². The molecule has 1 saturated heterocycles. The Labute approximate surface area is 124 Å². The minimum Gasteiger partial charge on any atom is -0.350 e. The molecular weight excluding hydrogens is 266 g/mol. The van der Waals surface area contributed by atoms with Crippen molar-refractivity contribution < 1.29 is 9.59 Å². The van der Waals surface area contributed by atoms with Gasteiger partial charge in [-0.25, -0.2) is 0 Å². The summed E-state index contributed by atoms with van der Waals surface area (Å²) in [5.74, 6) is 0.143. The van der Waals surface area contributed by atoms with Crippen LogP contribution in [0.1, 0.15) is 25.3 Å². The number of likely N-dealkylation sites (tertiary alicyclic amines) is 1. The van der Waals surface area contributed by atoms with Gasteiger partial charge in [-0.3, -0.25) is 14.6 Å². The van der Waals surface area contributed by atoms with Gasteiger partial charge >= 0.3 is 0 Å². The molecule has 0 aromatic carbocycles. The van der Waals surface area contributed by atoms with E-state index in [0.29, 0.717) is 24.6 Å². The van der Waals surface area contributed by atoms with Gasteiger partial charge in [0.05, 0.1) is 0 Å². The summed E-state index contributed by atoms with van der Waals surface area (Å²) in [6.07, 6.45) is 5.10. The van der Waals surface area contributed by atoms with Crippen molar-refractivity contribution in [1.82, 2.24) is 15.2 Å². The number of hydrogen-bond donors (Lipinski definition) is 1. The second-order valence-electron chi connectivity index (χ2n) is 5.90.